The Hall–Kier alpha value is -1.26. The summed E-state index contributed by atoms with van der Waals surface area (Å²) < 4.78 is 5.22. The van der Waals surface area contributed by atoms with Crippen LogP contribution in [0, 0.1) is 0 Å². The van der Waals surface area contributed by atoms with Crippen molar-refractivity contribution >= 4 is 5.69 Å². The monoisotopic (exact) mass is 236 g/mol. The molecule has 0 unspecified atom stereocenters. The predicted molar refractivity (Wildman–Crippen MR) is 68.4 cm³/mol. The Morgan fingerprint density at radius 3 is 2.71 bits per heavy atom. The number of aliphatic hydroxyl groups excluding tert-OH is 1. The van der Waals surface area contributed by atoms with Gasteiger partial charge in [-0.25, -0.2) is 0 Å². The van der Waals surface area contributed by atoms with E-state index < -0.39 is 5.54 Å². The molecule has 2 rings (SSSR count). The number of aliphatic hydroxyl groups is 1. The summed E-state index contributed by atoms with van der Waals surface area (Å²) >= 11 is 0. The van der Waals surface area contributed by atoms with Gasteiger partial charge in [-0.2, -0.15) is 0 Å². The van der Waals surface area contributed by atoms with Gasteiger partial charge in [0.15, 0.2) is 0 Å². The van der Waals surface area contributed by atoms with E-state index in [2.05, 4.69) is 11.0 Å². The van der Waals surface area contributed by atoms with Crippen molar-refractivity contribution in [3.05, 3.63) is 24.3 Å². The molecule has 0 radical (unpaired) electrons. The fourth-order valence-corrected chi connectivity index (χ4v) is 2.18. The van der Waals surface area contributed by atoms with Crippen molar-refractivity contribution in [2.45, 2.75) is 18.4 Å². The standard InChI is InChI=1S/C13H20N2O2/c1-17-12-4-2-3-11(9-12)15-7-5-13(14,10-16)6-8-15/h2-4,9,16H,5-8,10,14H2,1H3. The van der Waals surface area contributed by atoms with E-state index in [-0.39, 0.29) is 6.61 Å². The summed E-state index contributed by atoms with van der Waals surface area (Å²) in [6.45, 7) is 1.83. The molecule has 0 atom stereocenters. The molecule has 0 aromatic heterocycles. The van der Waals surface area contributed by atoms with E-state index in [9.17, 15) is 5.11 Å². The Morgan fingerprint density at radius 1 is 1.41 bits per heavy atom. The van der Waals surface area contributed by atoms with Gasteiger partial charge in [0.2, 0.25) is 0 Å². The summed E-state index contributed by atoms with van der Waals surface area (Å²) in [6.07, 6.45) is 1.64. The van der Waals surface area contributed by atoms with Crippen LogP contribution in [-0.4, -0.2) is 37.5 Å². The van der Waals surface area contributed by atoms with Crippen LogP contribution in [-0.2, 0) is 0 Å². The average Bonchev–Trinajstić information content (AvgIpc) is 2.40. The Kier molecular flexibility index (Phi) is 3.54. The van der Waals surface area contributed by atoms with Crippen LogP contribution in [0.1, 0.15) is 12.8 Å². The third-order valence-electron chi connectivity index (χ3n) is 3.49. The SMILES string of the molecule is COc1cccc(N2CCC(N)(CO)CC2)c1. The van der Waals surface area contributed by atoms with Gasteiger partial charge in [-0.05, 0) is 25.0 Å². The molecule has 17 heavy (non-hydrogen) atoms. The molecule has 1 saturated heterocycles. The molecule has 94 valence electrons. The first-order chi connectivity index (χ1) is 8.17. The number of piperidine rings is 1. The Morgan fingerprint density at radius 2 is 2.12 bits per heavy atom. The van der Waals surface area contributed by atoms with E-state index >= 15 is 0 Å². The lowest BCUT2D eigenvalue weighted by molar-refractivity contribution is 0.170. The van der Waals surface area contributed by atoms with Gasteiger partial charge in [-0.1, -0.05) is 6.07 Å². The number of nitrogens with zero attached hydrogens (tertiary/aromatic N) is 1. The molecule has 1 aromatic carbocycles. The molecule has 4 nitrogen and oxygen atoms in total. The van der Waals surface area contributed by atoms with E-state index in [4.69, 9.17) is 10.5 Å². The summed E-state index contributed by atoms with van der Waals surface area (Å²) in [5.74, 6) is 0.870. The van der Waals surface area contributed by atoms with Crippen LogP contribution in [0.5, 0.6) is 5.75 Å². The van der Waals surface area contributed by atoms with Crippen molar-refractivity contribution in [3.8, 4) is 5.75 Å². The van der Waals surface area contributed by atoms with Crippen LogP contribution in [0.3, 0.4) is 0 Å². The quantitative estimate of drug-likeness (QED) is 0.821. The molecule has 1 aliphatic rings. The minimum Gasteiger partial charge on any atom is -0.497 e. The highest BCUT2D eigenvalue weighted by Crippen LogP contribution is 2.26. The number of hydrogen-bond acceptors (Lipinski definition) is 4. The molecular weight excluding hydrogens is 216 g/mol. The zero-order valence-corrected chi connectivity index (χ0v) is 10.2. The lowest BCUT2D eigenvalue weighted by atomic mass is 9.89. The molecule has 0 aliphatic carbocycles. The maximum atomic E-state index is 9.23. The first-order valence-corrected chi connectivity index (χ1v) is 5.96. The fraction of sp³-hybridized carbons (Fsp3) is 0.538. The normalized spacial score (nSPS) is 19.1. The molecule has 0 amide bonds. The van der Waals surface area contributed by atoms with Gasteiger partial charge in [-0.15, -0.1) is 0 Å². The summed E-state index contributed by atoms with van der Waals surface area (Å²) in [7, 11) is 1.67. The largest absolute Gasteiger partial charge is 0.497 e. The van der Waals surface area contributed by atoms with Gasteiger partial charge >= 0.3 is 0 Å². The van der Waals surface area contributed by atoms with Gasteiger partial charge in [0, 0.05) is 30.4 Å². The van der Waals surface area contributed by atoms with Crippen LogP contribution in [0.15, 0.2) is 24.3 Å². The van der Waals surface area contributed by atoms with E-state index in [0.717, 1.165) is 37.4 Å². The first kappa shape index (κ1) is 12.2. The number of nitrogens with two attached hydrogens (primary N) is 1. The number of benzene rings is 1. The Bertz CT molecular complexity index is 373. The maximum Gasteiger partial charge on any atom is 0.120 e. The van der Waals surface area contributed by atoms with Crippen molar-refractivity contribution in [1.29, 1.82) is 0 Å². The third kappa shape index (κ3) is 2.70. The van der Waals surface area contributed by atoms with Crippen LogP contribution in [0.4, 0.5) is 5.69 Å². The molecule has 0 saturated carbocycles. The second-order valence-corrected chi connectivity index (χ2v) is 4.71. The minimum atomic E-state index is -0.393. The molecule has 1 aromatic rings. The molecule has 3 N–H and O–H groups in total. The van der Waals surface area contributed by atoms with E-state index in [1.807, 2.05) is 18.2 Å². The predicted octanol–water partition coefficient (Wildman–Crippen LogP) is 0.985. The Labute approximate surface area is 102 Å². The fourth-order valence-electron chi connectivity index (χ4n) is 2.18. The molecule has 1 fully saturated rings. The number of ether oxygens (including phenoxy) is 1. The van der Waals surface area contributed by atoms with Gasteiger partial charge in [0.05, 0.1) is 13.7 Å². The number of rotatable bonds is 3. The van der Waals surface area contributed by atoms with Gasteiger partial charge in [-0.3, -0.25) is 0 Å². The molecule has 0 spiro atoms. The van der Waals surface area contributed by atoms with Gasteiger partial charge < -0.3 is 20.5 Å². The first-order valence-electron chi connectivity index (χ1n) is 5.96. The van der Waals surface area contributed by atoms with Gasteiger partial charge in [0.1, 0.15) is 5.75 Å². The second kappa shape index (κ2) is 4.94. The van der Waals surface area contributed by atoms with E-state index in [1.165, 1.54) is 0 Å². The smallest absolute Gasteiger partial charge is 0.120 e. The molecular formula is C13H20N2O2. The van der Waals surface area contributed by atoms with Crippen LogP contribution in [0.25, 0.3) is 0 Å². The highest BCUT2D eigenvalue weighted by atomic mass is 16.5. The van der Waals surface area contributed by atoms with E-state index in [0.29, 0.717) is 0 Å². The highest BCUT2D eigenvalue weighted by molar-refractivity contribution is 5.51. The molecule has 4 heteroatoms. The minimum absolute atomic E-state index is 0.0684. The van der Waals surface area contributed by atoms with E-state index in [1.54, 1.807) is 7.11 Å². The Balaban J connectivity index is 2.05. The summed E-state index contributed by atoms with van der Waals surface area (Å²) in [6, 6.07) is 8.03. The average molecular weight is 236 g/mol. The van der Waals surface area contributed by atoms with Crippen LogP contribution in [0.2, 0.25) is 0 Å². The van der Waals surface area contributed by atoms with Crippen molar-refractivity contribution < 1.29 is 9.84 Å². The van der Waals surface area contributed by atoms with Crippen LogP contribution >= 0.6 is 0 Å². The summed E-state index contributed by atoms with van der Waals surface area (Å²) in [5.41, 5.74) is 6.82. The number of hydrogen-bond donors (Lipinski definition) is 2. The van der Waals surface area contributed by atoms with Crippen molar-refractivity contribution in [1.82, 2.24) is 0 Å². The van der Waals surface area contributed by atoms with Gasteiger partial charge in [0.25, 0.3) is 0 Å². The summed E-state index contributed by atoms with van der Waals surface area (Å²) in [4.78, 5) is 2.28. The van der Waals surface area contributed by atoms with Crippen molar-refractivity contribution in [2.75, 3.05) is 31.7 Å². The second-order valence-electron chi connectivity index (χ2n) is 4.71. The molecule has 0 bridgehead atoms. The van der Waals surface area contributed by atoms with Crippen LogP contribution < -0.4 is 15.4 Å². The number of methoxy groups -OCH3 is 1. The zero-order valence-electron chi connectivity index (χ0n) is 10.2. The highest BCUT2D eigenvalue weighted by Gasteiger charge is 2.29. The summed E-state index contributed by atoms with van der Waals surface area (Å²) in [5, 5.41) is 9.23. The lowest BCUT2D eigenvalue weighted by Crippen LogP contribution is -2.52. The molecule has 1 heterocycles. The third-order valence-corrected chi connectivity index (χ3v) is 3.49. The van der Waals surface area contributed by atoms with Crippen molar-refractivity contribution in [3.63, 3.8) is 0 Å². The maximum absolute atomic E-state index is 9.23. The number of anilines is 1. The molecule has 1 aliphatic heterocycles. The zero-order chi connectivity index (χ0) is 12.3. The lowest BCUT2D eigenvalue weighted by Gasteiger charge is -2.39. The van der Waals surface area contributed by atoms with Crippen molar-refractivity contribution in [2.24, 2.45) is 5.73 Å². The topological polar surface area (TPSA) is 58.7 Å².